The third-order valence-electron chi connectivity index (χ3n) is 3.98. The number of benzene rings is 2. The maximum absolute atomic E-state index is 13.7. The lowest BCUT2D eigenvalue weighted by atomic mass is 10.3. The lowest BCUT2D eigenvalue weighted by Gasteiger charge is -2.10. The Hall–Kier alpha value is -3.48. The predicted octanol–water partition coefficient (Wildman–Crippen LogP) is 4.02. The van der Waals surface area contributed by atoms with Gasteiger partial charge in [-0.3, -0.25) is 9.55 Å². The highest BCUT2D eigenvalue weighted by molar-refractivity contribution is 5.78. The van der Waals surface area contributed by atoms with E-state index in [0.717, 1.165) is 11.4 Å². The maximum Gasteiger partial charge on any atom is 0.159 e. The van der Waals surface area contributed by atoms with Gasteiger partial charge in [-0.1, -0.05) is 6.07 Å². The summed E-state index contributed by atoms with van der Waals surface area (Å²) in [5.74, 6) is 2.25. The van der Waals surface area contributed by atoms with Crippen LogP contribution in [0.3, 0.4) is 0 Å². The maximum atomic E-state index is 13.7. The lowest BCUT2D eigenvalue weighted by Crippen LogP contribution is -2.03. The van der Waals surface area contributed by atoms with E-state index in [1.165, 1.54) is 12.1 Å². The molecule has 0 aliphatic heterocycles. The minimum atomic E-state index is -0.322. The van der Waals surface area contributed by atoms with Crippen molar-refractivity contribution in [3.05, 3.63) is 66.5 Å². The fourth-order valence-electron chi connectivity index (χ4n) is 2.83. The van der Waals surface area contributed by atoms with Gasteiger partial charge in [-0.05, 0) is 31.2 Å². The second-order valence-corrected chi connectivity index (χ2v) is 5.75. The molecule has 0 saturated heterocycles. The van der Waals surface area contributed by atoms with E-state index in [9.17, 15) is 4.39 Å². The molecule has 4 rings (SSSR count). The molecule has 0 unspecified atom stereocenters. The van der Waals surface area contributed by atoms with Gasteiger partial charge in [0.05, 0.1) is 30.5 Å². The third-order valence-corrected chi connectivity index (χ3v) is 3.98. The number of halogens is 1. The van der Waals surface area contributed by atoms with Crippen LogP contribution in [-0.4, -0.2) is 26.6 Å². The molecule has 0 radical (unpaired) electrons. The molecule has 26 heavy (non-hydrogen) atoms. The zero-order valence-corrected chi connectivity index (χ0v) is 14.3. The molecule has 0 aliphatic rings. The normalized spacial score (nSPS) is 10.9. The van der Waals surface area contributed by atoms with E-state index < -0.39 is 0 Å². The van der Waals surface area contributed by atoms with Crippen LogP contribution < -0.4 is 10.1 Å². The van der Waals surface area contributed by atoms with E-state index in [2.05, 4.69) is 20.3 Å². The van der Waals surface area contributed by atoms with Gasteiger partial charge in [0.2, 0.25) is 0 Å². The van der Waals surface area contributed by atoms with Crippen molar-refractivity contribution in [2.24, 2.45) is 0 Å². The molecule has 4 aromatic rings. The molecule has 1 N–H and O–H groups in total. The average Bonchev–Trinajstić information content (AvgIpc) is 2.97. The quantitative estimate of drug-likeness (QED) is 0.603. The molecule has 0 spiro atoms. The van der Waals surface area contributed by atoms with Crippen LogP contribution in [0.1, 0.15) is 5.82 Å². The first-order valence-corrected chi connectivity index (χ1v) is 8.02. The van der Waals surface area contributed by atoms with Gasteiger partial charge >= 0.3 is 0 Å². The van der Waals surface area contributed by atoms with Crippen LogP contribution in [0.4, 0.5) is 15.9 Å². The Morgan fingerprint density at radius 2 is 1.96 bits per heavy atom. The molecule has 2 aromatic carbocycles. The molecule has 0 atom stereocenters. The van der Waals surface area contributed by atoms with Crippen molar-refractivity contribution < 1.29 is 9.13 Å². The molecular weight excluding hydrogens is 333 g/mol. The van der Waals surface area contributed by atoms with Crippen molar-refractivity contribution in [2.45, 2.75) is 6.92 Å². The van der Waals surface area contributed by atoms with E-state index >= 15 is 0 Å². The Morgan fingerprint density at radius 3 is 2.81 bits per heavy atom. The monoisotopic (exact) mass is 349 g/mol. The van der Waals surface area contributed by atoms with Crippen molar-refractivity contribution in [2.75, 3.05) is 12.4 Å². The number of anilines is 2. The molecule has 0 aliphatic carbocycles. The largest absolute Gasteiger partial charge is 0.497 e. The number of fused-ring (bicyclic) bond motifs is 1. The minimum Gasteiger partial charge on any atom is -0.497 e. The van der Waals surface area contributed by atoms with E-state index in [1.54, 1.807) is 30.1 Å². The van der Waals surface area contributed by atoms with Crippen LogP contribution in [-0.2, 0) is 0 Å². The Labute approximate surface area is 149 Å². The summed E-state index contributed by atoms with van der Waals surface area (Å²) < 4.78 is 20.7. The summed E-state index contributed by atoms with van der Waals surface area (Å²) >= 11 is 0. The van der Waals surface area contributed by atoms with Crippen molar-refractivity contribution in [1.82, 2.24) is 19.5 Å². The summed E-state index contributed by atoms with van der Waals surface area (Å²) in [6, 6.07) is 12.0. The van der Waals surface area contributed by atoms with Gasteiger partial charge in [-0.2, -0.15) is 0 Å². The first kappa shape index (κ1) is 16.0. The van der Waals surface area contributed by atoms with Crippen LogP contribution in [0, 0.1) is 12.7 Å². The van der Waals surface area contributed by atoms with Crippen LogP contribution in [0.15, 0.2) is 54.9 Å². The number of imidazole rings is 1. The second-order valence-electron chi connectivity index (χ2n) is 5.75. The number of methoxy groups -OCH3 is 1. The highest BCUT2D eigenvalue weighted by Crippen LogP contribution is 2.23. The Balaban J connectivity index is 1.74. The van der Waals surface area contributed by atoms with Crippen LogP contribution in [0.5, 0.6) is 5.75 Å². The third kappa shape index (κ3) is 2.95. The fourth-order valence-corrected chi connectivity index (χ4v) is 2.83. The average molecular weight is 349 g/mol. The molecule has 0 bridgehead atoms. The Kier molecular flexibility index (Phi) is 3.96. The molecule has 0 amide bonds. The van der Waals surface area contributed by atoms with Gasteiger partial charge in [0.1, 0.15) is 17.4 Å². The smallest absolute Gasteiger partial charge is 0.159 e. The van der Waals surface area contributed by atoms with Crippen LogP contribution in [0.2, 0.25) is 0 Å². The summed E-state index contributed by atoms with van der Waals surface area (Å²) in [6.45, 7) is 1.85. The summed E-state index contributed by atoms with van der Waals surface area (Å²) in [5.41, 5.74) is 2.18. The highest BCUT2D eigenvalue weighted by atomic mass is 19.1. The first-order valence-electron chi connectivity index (χ1n) is 8.02. The van der Waals surface area contributed by atoms with E-state index in [1.807, 2.05) is 31.2 Å². The molecule has 6 nitrogen and oxygen atoms in total. The molecule has 0 saturated carbocycles. The number of nitrogens with one attached hydrogen (secondary N) is 1. The van der Waals surface area contributed by atoms with Gasteiger partial charge in [0.25, 0.3) is 0 Å². The molecular formula is C19H16FN5O. The van der Waals surface area contributed by atoms with Crippen molar-refractivity contribution in [3.63, 3.8) is 0 Å². The summed E-state index contributed by atoms with van der Waals surface area (Å²) in [5, 5.41) is 3.20. The van der Waals surface area contributed by atoms with Crippen molar-refractivity contribution in [3.8, 4) is 11.6 Å². The molecule has 7 heteroatoms. The minimum absolute atomic E-state index is 0.322. The number of rotatable bonds is 4. The Bertz CT molecular complexity index is 1090. The van der Waals surface area contributed by atoms with Crippen LogP contribution in [0.25, 0.3) is 16.9 Å². The second kappa shape index (κ2) is 6.44. The predicted molar refractivity (Wildman–Crippen MR) is 97.6 cm³/mol. The van der Waals surface area contributed by atoms with E-state index in [0.29, 0.717) is 28.5 Å². The fraction of sp³-hybridized carbons (Fsp3) is 0.105. The number of hydrogen-bond acceptors (Lipinski definition) is 5. The first-order chi connectivity index (χ1) is 12.6. The molecule has 0 fully saturated rings. The van der Waals surface area contributed by atoms with Gasteiger partial charge in [-0.15, -0.1) is 0 Å². The summed E-state index contributed by atoms with van der Waals surface area (Å²) in [4.78, 5) is 13.3. The molecule has 2 heterocycles. The molecule has 2 aromatic heterocycles. The summed E-state index contributed by atoms with van der Waals surface area (Å²) in [6.07, 6.45) is 3.24. The topological polar surface area (TPSA) is 64.9 Å². The van der Waals surface area contributed by atoms with Crippen molar-refractivity contribution in [1.29, 1.82) is 0 Å². The number of aryl methyl sites for hydroxylation is 1. The number of aromatic nitrogens is 4. The molecule has 130 valence electrons. The standard InChI is InChI=1S/C19H16FN5O/c1-12-22-16-7-6-13(20)8-17(16)25(12)19-11-21-10-18(24-19)23-14-4-3-5-15(9-14)26-2/h3-11H,1-2H3,(H,23,24). The number of nitrogens with zero attached hydrogens (tertiary/aromatic N) is 4. The van der Waals surface area contributed by atoms with Gasteiger partial charge in [0, 0.05) is 17.8 Å². The van der Waals surface area contributed by atoms with E-state index in [4.69, 9.17) is 4.74 Å². The number of ether oxygens (including phenoxy) is 1. The van der Waals surface area contributed by atoms with E-state index in [-0.39, 0.29) is 5.82 Å². The highest BCUT2D eigenvalue weighted by Gasteiger charge is 2.12. The summed E-state index contributed by atoms with van der Waals surface area (Å²) in [7, 11) is 1.62. The van der Waals surface area contributed by atoms with Crippen molar-refractivity contribution >= 4 is 22.5 Å². The number of hydrogen-bond donors (Lipinski definition) is 1. The van der Waals surface area contributed by atoms with Crippen LogP contribution >= 0.6 is 0 Å². The lowest BCUT2D eigenvalue weighted by molar-refractivity contribution is 0.415. The van der Waals surface area contributed by atoms with Gasteiger partial charge < -0.3 is 10.1 Å². The van der Waals surface area contributed by atoms with Gasteiger partial charge in [0.15, 0.2) is 11.6 Å². The zero-order valence-electron chi connectivity index (χ0n) is 14.3. The zero-order chi connectivity index (χ0) is 18.1. The Morgan fingerprint density at radius 1 is 1.08 bits per heavy atom. The van der Waals surface area contributed by atoms with Gasteiger partial charge in [-0.25, -0.2) is 14.4 Å². The SMILES string of the molecule is COc1cccc(Nc2cncc(-n3c(C)nc4ccc(F)cc43)n2)c1.